The van der Waals surface area contributed by atoms with Crippen molar-refractivity contribution in [2.75, 3.05) is 19.6 Å². The van der Waals surface area contributed by atoms with Gasteiger partial charge in [-0.3, -0.25) is 4.90 Å². The van der Waals surface area contributed by atoms with Crippen LogP contribution in [0.5, 0.6) is 0 Å². The predicted octanol–water partition coefficient (Wildman–Crippen LogP) is 2.22. The third-order valence-corrected chi connectivity index (χ3v) is 3.27. The lowest BCUT2D eigenvalue weighted by atomic mass is 9.93. The van der Waals surface area contributed by atoms with E-state index in [2.05, 4.69) is 42.7 Å². The van der Waals surface area contributed by atoms with Crippen molar-refractivity contribution in [2.24, 2.45) is 11.1 Å². The number of unbranched alkanes of at least 4 members (excludes halogenated alkanes) is 1. The van der Waals surface area contributed by atoms with Gasteiger partial charge in [0.05, 0.1) is 6.54 Å². The predicted molar refractivity (Wildman–Crippen MR) is 76.7 cm³/mol. The summed E-state index contributed by atoms with van der Waals surface area (Å²) in [5, 5.41) is 4.02. The molecule has 19 heavy (non-hydrogen) atoms. The van der Waals surface area contributed by atoms with Crippen LogP contribution >= 0.6 is 0 Å². The second-order valence-electron chi connectivity index (χ2n) is 5.88. The topological polar surface area (TPSA) is 68.2 Å². The maximum absolute atomic E-state index is 5.78. The van der Waals surface area contributed by atoms with E-state index in [4.69, 9.17) is 10.3 Å². The van der Waals surface area contributed by atoms with Gasteiger partial charge in [-0.2, -0.15) is 4.98 Å². The average molecular weight is 268 g/mol. The molecule has 0 spiro atoms. The van der Waals surface area contributed by atoms with Crippen LogP contribution in [0.25, 0.3) is 0 Å². The van der Waals surface area contributed by atoms with Crippen molar-refractivity contribution in [1.29, 1.82) is 0 Å². The molecule has 0 unspecified atom stereocenters. The molecule has 1 aromatic rings. The molecule has 0 amide bonds. The normalized spacial score (nSPS) is 12.3. The molecule has 5 heteroatoms. The molecular formula is C14H28N4O. The molecule has 0 aliphatic carbocycles. The highest BCUT2D eigenvalue weighted by molar-refractivity contribution is 4.87. The van der Waals surface area contributed by atoms with E-state index in [0.717, 1.165) is 38.2 Å². The molecule has 5 nitrogen and oxygen atoms in total. The Morgan fingerprint density at radius 2 is 2.05 bits per heavy atom. The van der Waals surface area contributed by atoms with Gasteiger partial charge in [-0.15, -0.1) is 0 Å². The number of hydrogen-bond donors (Lipinski definition) is 1. The summed E-state index contributed by atoms with van der Waals surface area (Å²) in [4.78, 5) is 6.74. The molecule has 0 aromatic carbocycles. The van der Waals surface area contributed by atoms with E-state index >= 15 is 0 Å². The van der Waals surface area contributed by atoms with Crippen LogP contribution in [0.1, 0.15) is 52.3 Å². The van der Waals surface area contributed by atoms with Crippen molar-refractivity contribution >= 4 is 0 Å². The molecule has 0 radical (unpaired) electrons. The standard InChI is InChI=1S/C14H28N4O/c1-5-7-8-12-16-13(19-17-12)9-18(6-2)11-14(3,4)10-15/h5-11,15H2,1-4H3. The first-order valence-corrected chi connectivity index (χ1v) is 7.24. The van der Waals surface area contributed by atoms with E-state index in [1.165, 1.54) is 0 Å². The Hall–Kier alpha value is -0.940. The van der Waals surface area contributed by atoms with Gasteiger partial charge in [-0.05, 0) is 24.9 Å². The summed E-state index contributed by atoms with van der Waals surface area (Å²) >= 11 is 0. The van der Waals surface area contributed by atoms with Gasteiger partial charge >= 0.3 is 0 Å². The summed E-state index contributed by atoms with van der Waals surface area (Å²) in [7, 11) is 0. The lowest BCUT2D eigenvalue weighted by Crippen LogP contribution is -2.38. The molecule has 0 aliphatic rings. The largest absolute Gasteiger partial charge is 0.338 e. The molecule has 0 fully saturated rings. The second-order valence-corrected chi connectivity index (χ2v) is 5.88. The first-order chi connectivity index (χ1) is 9.00. The smallest absolute Gasteiger partial charge is 0.240 e. The van der Waals surface area contributed by atoms with E-state index < -0.39 is 0 Å². The number of rotatable bonds is 9. The third-order valence-electron chi connectivity index (χ3n) is 3.27. The number of nitrogens with two attached hydrogens (primary N) is 1. The minimum Gasteiger partial charge on any atom is -0.338 e. The van der Waals surface area contributed by atoms with E-state index in [-0.39, 0.29) is 5.41 Å². The minimum absolute atomic E-state index is 0.112. The summed E-state index contributed by atoms with van der Waals surface area (Å²) in [6.07, 6.45) is 3.16. The van der Waals surface area contributed by atoms with Crippen LogP contribution < -0.4 is 5.73 Å². The van der Waals surface area contributed by atoms with Crippen LogP contribution in [0.15, 0.2) is 4.52 Å². The zero-order valence-electron chi connectivity index (χ0n) is 12.8. The van der Waals surface area contributed by atoms with Crippen molar-refractivity contribution in [3.63, 3.8) is 0 Å². The molecular weight excluding hydrogens is 240 g/mol. The second kappa shape index (κ2) is 7.60. The summed E-state index contributed by atoms with van der Waals surface area (Å²) in [6, 6.07) is 0. The number of aryl methyl sites for hydroxylation is 1. The van der Waals surface area contributed by atoms with E-state index in [0.29, 0.717) is 19.0 Å². The quantitative estimate of drug-likeness (QED) is 0.743. The lowest BCUT2D eigenvalue weighted by molar-refractivity contribution is 0.165. The van der Waals surface area contributed by atoms with Crippen LogP contribution in [0.4, 0.5) is 0 Å². The Bertz CT molecular complexity index is 362. The van der Waals surface area contributed by atoms with E-state index in [9.17, 15) is 0 Å². The average Bonchev–Trinajstić information content (AvgIpc) is 2.83. The Balaban J connectivity index is 2.53. The van der Waals surface area contributed by atoms with Crippen molar-refractivity contribution < 1.29 is 4.52 Å². The first-order valence-electron chi connectivity index (χ1n) is 7.24. The van der Waals surface area contributed by atoms with Gasteiger partial charge in [0.2, 0.25) is 5.89 Å². The van der Waals surface area contributed by atoms with Crippen LogP contribution in [0.2, 0.25) is 0 Å². The zero-order chi connectivity index (χ0) is 14.3. The Morgan fingerprint density at radius 3 is 2.63 bits per heavy atom. The van der Waals surface area contributed by atoms with Gasteiger partial charge < -0.3 is 10.3 Å². The van der Waals surface area contributed by atoms with Crippen molar-refractivity contribution in [1.82, 2.24) is 15.0 Å². The fraction of sp³-hybridized carbons (Fsp3) is 0.857. The fourth-order valence-electron chi connectivity index (χ4n) is 1.93. The van der Waals surface area contributed by atoms with Gasteiger partial charge in [0.25, 0.3) is 0 Å². The van der Waals surface area contributed by atoms with Gasteiger partial charge in [0, 0.05) is 13.0 Å². The van der Waals surface area contributed by atoms with Crippen LogP contribution in [-0.2, 0) is 13.0 Å². The number of nitrogens with zero attached hydrogens (tertiary/aromatic N) is 3. The Morgan fingerprint density at radius 1 is 1.32 bits per heavy atom. The molecule has 2 N–H and O–H groups in total. The SMILES string of the molecule is CCCCc1noc(CN(CC)CC(C)(C)CN)n1. The third kappa shape index (κ3) is 5.70. The Kier molecular flexibility index (Phi) is 6.45. The van der Waals surface area contributed by atoms with Gasteiger partial charge in [-0.25, -0.2) is 0 Å². The Labute approximate surface area is 116 Å². The fourth-order valence-corrected chi connectivity index (χ4v) is 1.93. The number of aromatic nitrogens is 2. The summed E-state index contributed by atoms with van der Waals surface area (Å²) in [5.74, 6) is 1.53. The van der Waals surface area contributed by atoms with Gasteiger partial charge in [0.15, 0.2) is 5.82 Å². The minimum atomic E-state index is 0.112. The summed E-state index contributed by atoms with van der Waals surface area (Å²) in [5.41, 5.74) is 5.90. The molecule has 0 saturated heterocycles. The first kappa shape index (κ1) is 16.1. The molecule has 0 atom stereocenters. The molecule has 110 valence electrons. The van der Waals surface area contributed by atoms with Crippen LogP contribution in [0, 0.1) is 5.41 Å². The number of hydrogen-bond acceptors (Lipinski definition) is 5. The van der Waals surface area contributed by atoms with Crippen LogP contribution in [0.3, 0.4) is 0 Å². The monoisotopic (exact) mass is 268 g/mol. The highest BCUT2D eigenvalue weighted by Gasteiger charge is 2.20. The maximum Gasteiger partial charge on any atom is 0.240 e. The molecule has 0 bridgehead atoms. The molecule has 0 saturated carbocycles. The van der Waals surface area contributed by atoms with Crippen molar-refractivity contribution in [3.05, 3.63) is 11.7 Å². The summed E-state index contributed by atoms with van der Waals surface area (Å²) < 4.78 is 5.31. The lowest BCUT2D eigenvalue weighted by Gasteiger charge is -2.29. The van der Waals surface area contributed by atoms with E-state index in [1.807, 2.05) is 0 Å². The zero-order valence-corrected chi connectivity index (χ0v) is 12.8. The van der Waals surface area contributed by atoms with Crippen molar-refractivity contribution in [2.45, 2.75) is 53.5 Å². The molecule has 1 rings (SSSR count). The molecule has 1 heterocycles. The highest BCUT2D eigenvalue weighted by atomic mass is 16.5. The maximum atomic E-state index is 5.78. The summed E-state index contributed by atoms with van der Waals surface area (Å²) in [6.45, 7) is 11.9. The molecule has 1 aromatic heterocycles. The van der Waals surface area contributed by atoms with E-state index in [1.54, 1.807) is 0 Å². The van der Waals surface area contributed by atoms with Gasteiger partial charge in [0.1, 0.15) is 0 Å². The molecule has 0 aliphatic heterocycles. The van der Waals surface area contributed by atoms with Crippen molar-refractivity contribution in [3.8, 4) is 0 Å². The van der Waals surface area contributed by atoms with Crippen LogP contribution in [-0.4, -0.2) is 34.7 Å². The highest BCUT2D eigenvalue weighted by Crippen LogP contribution is 2.16. The van der Waals surface area contributed by atoms with Gasteiger partial charge in [-0.1, -0.05) is 39.3 Å².